The topological polar surface area (TPSA) is 92.6 Å². The molecule has 1 saturated carbocycles. The van der Waals surface area contributed by atoms with Crippen LogP contribution in [-0.2, 0) is 38.7 Å². The van der Waals surface area contributed by atoms with Gasteiger partial charge in [0.1, 0.15) is 23.1 Å². The van der Waals surface area contributed by atoms with Crippen molar-refractivity contribution in [3.8, 4) is 0 Å². The van der Waals surface area contributed by atoms with Gasteiger partial charge in [-0.05, 0) is 37.5 Å². The molecule has 0 aromatic carbocycles. The first-order valence-corrected chi connectivity index (χ1v) is 10.8. The highest BCUT2D eigenvalue weighted by atomic mass is 32.2. The van der Waals surface area contributed by atoms with Crippen molar-refractivity contribution < 1.29 is 27.1 Å². The Morgan fingerprint density at radius 3 is 2.71 bits per heavy atom. The summed E-state index contributed by atoms with van der Waals surface area (Å²) in [5.74, 6) is -2.31. The number of ether oxygens (including phenoxy) is 1. The maximum absolute atomic E-state index is 14.3. The van der Waals surface area contributed by atoms with Crippen LogP contribution in [0.2, 0.25) is 0 Å². The molecule has 1 aromatic rings. The van der Waals surface area contributed by atoms with Crippen molar-refractivity contribution in [1.82, 2.24) is 9.97 Å². The maximum Gasteiger partial charge on any atom is 0.306 e. The highest BCUT2D eigenvalue weighted by molar-refractivity contribution is 7.78. The quantitative estimate of drug-likeness (QED) is 0.563. The molecule has 154 valence electrons. The first kappa shape index (κ1) is 19.6. The van der Waals surface area contributed by atoms with Gasteiger partial charge in [0.2, 0.25) is 0 Å². The third-order valence-corrected chi connectivity index (χ3v) is 6.56. The van der Waals surface area contributed by atoms with Crippen LogP contribution in [0.4, 0.5) is 14.6 Å². The van der Waals surface area contributed by atoms with Crippen LogP contribution >= 0.6 is 0 Å². The molecular formula is C18H23F2N3O4S. The molecule has 0 radical (unpaired) electrons. The van der Waals surface area contributed by atoms with Crippen LogP contribution in [0.3, 0.4) is 0 Å². The number of rotatable bonds is 6. The van der Waals surface area contributed by atoms with Crippen molar-refractivity contribution in [3.05, 3.63) is 17.1 Å². The lowest BCUT2D eigenvalue weighted by Crippen LogP contribution is -2.56. The number of nitrogens with zero attached hydrogens (tertiary/aromatic N) is 3. The van der Waals surface area contributed by atoms with Gasteiger partial charge in [-0.2, -0.15) is 8.78 Å². The van der Waals surface area contributed by atoms with Crippen molar-refractivity contribution in [2.45, 2.75) is 44.3 Å². The summed E-state index contributed by atoms with van der Waals surface area (Å²) in [6.45, 7) is 3.42. The number of anilines is 1. The number of hydrogen-bond acceptors (Lipinski definition) is 6. The van der Waals surface area contributed by atoms with Crippen LogP contribution in [0, 0.1) is 17.8 Å². The number of fused-ring (bicyclic) bond motifs is 3. The Morgan fingerprint density at radius 2 is 2.07 bits per heavy atom. The van der Waals surface area contributed by atoms with Gasteiger partial charge in [-0.1, -0.05) is 0 Å². The highest BCUT2D eigenvalue weighted by Gasteiger charge is 2.49. The number of hydrogen-bond donors (Lipinski definition) is 1. The number of aromatic nitrogens is 2. The molecule has 0 amide bonds. The van der Waals surface area contributed by atoms with E-state index in [-0.39, 0.29) is 42.0 Å². The van der Waals surface area contributed by atoms with Gasteiger partial charge in [0.05, 0.1) is 6.61 Å². The number of carbonyl (C=O) groups is 1. The van der Waals surface area contributed by atoms with E-state index in [1.165, 1.54) is 0 Å². The lowest BCUT2D eigenvalue weighted by atomic mass is 9.60. The van der Waals surface area contributed by atoms with Crippen molar-refractivity contribution >= 4 is 22.9 Å². The lowest BCUT2D eigenvalue weighted by molar-refractivity contribution is -0.147. The monoisotopic (exact) mass is 415 g/mol. The Bertz CT molecular complexity index is 810. The first-order chi connectivity index (χ1) is 13.3. The molecule has 2 bridgehead atoms. The number of esters is 1. The van der Waals surface area contributed by atoms with Gasteiger partial charge in [-0.3, -0.25) is 4.79 Å². The zero-order valence-electron chi connectivity index (χ0n) is 15.6. The minimum Gasteiger partial charge on any atom is -0.466 e. The summed E-state index contributed by atoms with van der Waals surface area (Å²) in [5, 5.41) is 0. The minimum absolute atomic E-state index is 0.0292. The average Bonchev–Trinajstić information content (AvgIpc) is 2.94. The molecule has 3 unspecified atom stereocenters. The molecule has 3 fully saturated rings. The molecule has 1 N–H and O–H groups in total. The van der Waals surface area contributed by atoms with Crippen LogP contribution in [-0.4, -0.2) is 44.4 Å². The van der Waals surface area contributed by atoms with Gasteiger partial charge >= 0.3 is 5.97 Å². The Balaban J connectivity index is 1.57. The Hall–Kier alpha value is -1.68. The maximum atomic E-state index is 14.3. The SMILES string of the molecule is CCOC(=O)CC1C2CC1CN(c1nc(CS(=O)O)nc3c1CCC3(F)F)C2. The summed E-state index contributed by atoms with van der Waals surface area (Å²) in [5.41, 5.74) is 0.140. The molecule has 1 aromatic heterocycles. The number of halogens is 2. The smallest absolute Gasteiger partial charge is 0.306 e. The van der Waals surface area contributed by atoms with Gasteiger partial charge in [-0.15, -0.1) is 0 Å². The zero-order valence-corrected chi connectivity index (χ0v) is 16.4. The second-order valence-electron chi connectivity index (χ2n) is 7.79. The summed E-state index contributed by atoms with van der Waals surface area (Å²) in [4.78, 5) is 22.1. The molecule has 10 heteroatoms. The Labute approximate surface area is 164 Å². The van der Waals surface area contributed by atoms with Crippen LogP contribution in [0.1, 0.15) is 43.3 Å². The van der Waals surface area contributed by atoms with Crippen molar-refractivity contribution in [3.63, 3.8) is 0 Å². The molecule has 28 heavy (non-hydrogen) atoms. The number of piperidine rings is 2. The molecule has 0 spiro atoms. The van der Waals surface area contributed by atoms with E-state index in [1.54, 1.807) is 6.92 Å². The molecule has 2 aliphatic carbocycles. The second-order valence-corrected chi connectivity index (χ2v) is 8.73. The molecule has 7 nitrogen and oxygen atoms in total. The summed E-state index contributed by atoms with van der Waals surface area (Å²) < 4.78 is 53.9. The molecule has 5 rings (SSSR count). The molecule has 2 saturated heterocycles. The van der Waals surface area contributed by atoms with E-state index in [0.717, 1.165) is 6.42 Å². The van der Waals surface area contributed by atoms with Gasteiger partial charge in [0.15, 0.2) is 11.1 Å². The second kappa shape index (κ2) is 7.29. The lowest BCUT2D eigenvalue weighted by Gasteiger charge is -2.54. The average molecular weight is 415 g/mol. The van der Waals surface area contributed by atoms with E-state index in [9.17, 15) is 17.8 Å². The van der Waals surface area contributed by atoms with E-state index < -0.39 is 17.0 Å². The molecule has 4 aliphatic rings. The summed E-state index contributed by atoms with van der Waals surface area (Å²) in [6.07, 6.45) is 1.28. The predicted octanol–water partition coefficient (Wildman–Crippen LogP) is 2.26. The van der Waals surface area contributed by atoms with Gasteiger partial charge in [0.25, 0.3) is 5.92 Å². The Kier molecular flexibility index (Phi) is 5.11. The summed E-state index contributed by atoms with van der Waals surface area (Å²) in [6, 6.07) is 0. The zero-order chi connectivity index (χ0) is 20.1. The summed E-state index contributed by atoms with van der Waals surface area (Å²) in [7, 11) is 0. The number of carbonyl (C=O) groups excluding carboxylic acids is 1. The first-order valence-electron chi connectivity index (χ1n) is 9.54. The van der Waals surface area contributed by atoms with Gasteiger partial charge < -0.3 is 14.2 Å². The fourth-order valence-electron chi connectivity index (χ4n) is 4.79. The Morgan fingerprint density at radius 1 is 1.36 bits per heavy atom. The molecule has 3 heterocycles. The van der Waals surface area contributed by atoms with Crippen molar-refractivity contribution in [2.75, 3.05) is 24.6 Å². The van der Waals surface area contributed by atoms with E-state index in [2.05, 4.69) is 9.97 Å². The van der Waals surface area contributed by atoms with Crippen molar-refractivity contribution in [1.29, 1.82) is 0 Å². The van der Waals surface area contributed by atoms with E-state index in [4.69, 9.17) is 9.29 Å². The van der Waals surface area contributed by atoms with E-state index >= 15 is 0 Å². The van der Waals surface area contributed by atoms with E-state index in [1.807, 2.05) is 4.90 Å². The van der Waals surface area contributed by atoms with E-state index in [0.29, 0.717) is 49.3 Å². The fraction of sp³-hybridized carbons (Fsp3) is 0.722. The fourth-order valence-corrected chi connectivity index (χ4v) is 5.14. The number of alkyl halides is 2. The third kappa shape index (κ3) is 3.52. The van der Waals surface area contributed by atoms with Gasteiger partial charge in [-0.25, -0.2) is 14.2 Å². The molecule has 2 aliphatic heterocycles. The largest absolute Gasteiger partial charge is 0.466 e. The highest BCUT2D eigenvalue weighted by Crippen LogP contribution is 2.50. The van der Waals surface area contributed by atoms with Crippen LogP contribution in [0.15, 0.2) is 0 Å². The summed E-state index contributed by atoms with van der Waals surface area (Å²) >= 11 is -2.20. The van der Waals surface area contributed by atoms with Gasteiger partial charge in [0, 0.05) is 31.5 Å². The normalized spacial score (nSPS) is 28.4. The standard InChI is InChI=1S/C18H23F2N3O4S/c1-2-27-15(24)6-13-10-5-11(13)8-23(7-10)17-12-3-4-18(19,20)16(12)21-14(22-17)9-28(25)26/h10-11,13H,2-9H2,1H3,(H,25,26). The molecule has 3 atom stereocenters. The third-order valence-electron chi connectivity index (χ3n) is 6.05. The van der Waals surface area contributed by atoms with Crippen LogP contribution < -0.4 is 4.90 Å². The molecular weight excluding hydrogens is 392 g/mol. The van der Waals surface area contributed by atoms with Crippen LogP contribution in [0.5, 0.6) is 0 Å². The van der Waals surface area contributed by atoms with Crippen molar-refractivity contribution in [2.24, 2.45) is 17.8 Å². The van der Waals surface area contributed by atoms with Crippen LogP contribution in [0.25, 0.3) is 0 Å². The minimum atomic E-state index is -3.04. The predicted molar refractivity (Wildman–Crippen MR) is 97.3 cm³/mol.